The largest absolute Gasteiger partial charge is 0.494 e. The molecule has 0 bridgehead atoms. The fourth-order valence-electron chi connectivity index (χ4n) is 3.29. The molecule has 4 rings (SSSR count). The van der Waals surface area contributed by atoms with Gasteiger partial charge in [-0.3, -0.25) is 0 Å². The molecule has 0 atom stereocenters. The number of ether oxygens (including phenoxy) is 1. The molecule has 7 heteroatoms. The predicted molar refractivity (Wildman–Crippen MR) is 109 cm³/mol. The van der Waals surface area contributed by atoms with Crippen LogP contribution in [-0.2, 0) is 0 Å². The van der Waals surface area contributed by atoms with Crippen LogP contribution >= 0.6 is 22.9 Å². The Morgan fingerprint density at radius 2 is 2.04 bits per heavy atom. The van der Waals surface area contributed by atoms with Gasteiger partial charge in [0.15, 0.2) is 0 Å². The van der Waals surface area contributed by atoms with Gasteiger partial charge in [0.1, 0.15) is 16.4 Å². The second-order valence-electron chi connectivity index (χ2n) is 6.19. The number of anilines is 1. The molecule has 0 aliphatic carbocycles. The zero-order valence-electron chi connectivity index (χ0n) is 14.7. The normalized spacial score (nSPS) is 15.2. The van der Waals surface area contributed by atoms with Crippen molar-refractivity contribution in [3.63, 3.8) is 0 Å². The monoisotopic (exact) mass is 388 g/mol. The van der Waals surface area contributed by atoms with Gasteiger partial charge in [-0.1, -0.05) is 12.1 Å². The molecule has 3 heterocycles. The minimum atomic E-state index is 0.310. The Labute approximate surface area is 162 Å². The van der Waals surface area contributed by atoms with E-state index in [-0.39, 0.29) is 0 Å². The van der Waals surface area contributed by atoms with Gasteiger partial charge in [-0.25, -0.2) is 4.98 Å². The fraction of sp³-hybridized carbons (Fsp3) is 0.368. The molecule has 1 aliphatic heterocycles. The third-order valence-electron chi connectivity index (χ3n) is 4.50. The Balaban J connectivity index is 1.80. The molecule has 0 unspecified atom stereocenters. The van der Waals surface area contributed by atoms with Crippen LogP contribution in [-0.4, -0.2) is 42.8 Å². The smallest absolute Gasteiger partial charge is 0.225 e. The average Bonchev–Trinajstić information content (AvgIpc) is 2.88. The van der Waals surface area contributed by atoms with Gasteiger partial charge in [-0.15, -0.1) is 11.3 Å². The topological polar surface area (TPSA) is 50.3 Å². The summed E-state index contributed by atoms with van der Waals surface area (Å²) in [6, 6.07) is 8.20. The third-order valence-corrected chi connectivity index (χ3v) is 5.54. The number of halogens is 1. The van der Waals surface area contributed by atoms with Crippen molar-refractivity contribution in [2.75, 3.05) is 37.7 Å². The van der Waals surface area contributed by atoms with Gasteiger partial charge >= 0.3 is 0 Å². The minimum Gasteiger partial charge on any atom is -0.494 e. The Morgan fingerprint density at radius 1 is 1.19 bits per heavy atom. The maximum atomic E-state index is 6.22. The number of nitrogens with one attached hydrogen (secondary N) is 1. The van der Waals surface area contributed by atoms with Crippen LogP contribution in [0.4, 0.5) is 5.82 Å². The van der Waals surface area contributed by atoms with Gasteiger partial charge in [0.05, 0.1) is 12.0 Å². The lowest BCUT2D eigenvalue weighted by atomic mass is 10.1. The van der Waals surface area contributed by atoms with Gasteiger partial charge in [-0.05, 0) is 49.2 Å². The van der Waals surface area contributed by atoms with Gasteiger partial charge in [0, 0.05) is 30.6 Å². The summed E-state index contributed by atoms with van der Waals surface area (Å²) in [6.07, 6.45) is 1.09. The molecule has 0 amide bonds. The molecule has 1 fully saturated rings. The molecule has 5 nitrogen and oxygen atoms in total. The first-order chi connectivity index (χ1) is 12.8. The standard InChI is InChI=1S/C19H21ClN4OS/c1-2-25-14-6-4-13(5-7-14)15-12-26-18-16(15)17(22-19(20)23-18)24-10-3-8-21-9-11-24/h4-7,12,21H,2-3,8-11H2,1H3. The lowest BCUT2D eigenvalue weighted by Crippen LogP contribution is -2.28. The van der Waals surface area contributed by atoms with E-state index in [1.54, 1.807) is 11.3 Å². The summed E-state index contributed by atoms with van der Waals surface area (Å²) < 4.78 is 5.56. The van der Waals surface area contributed by atoms with Crippen LogP contribution in [0.15, 0.2) is 29.6 Å². The second-order valence-corrected chi connectivity index (χ2v) is 7.39. The summed E-state index contributed by atoms with van der Waals surface area (Å²) in [6.45, 7) is 6.53. The maximum Gasteiger partial charge on any atom is 0.225 e. The quantitative estimate of drug-likeness (QED) is 0.678. The molecular formula is C19H21ClN4OS. The SMILES string of the molecule is CCOc1ccc(-c2csc3nc(Cl)nc(N4CCCNCC4)c23)cc1. The summed E-state index contributed by atoms with van der Waals surface area (Å²) >= 11 is 7.83. The number of nitrogens with zero attached hydrogens (tertiary/aromatic N) is 3. The average molecular weight is 389 g/mol. The van der Waals surface area contributed by atoms with Gasteiger partial charge in [0.2, 0.25) is 5.28 Å². The number of thiophene rings is 1. The van der Waals surface area contributed by atoms with E-state index in [1.165, 1.54) is 0 Å². The number of hydrogen-bond acceptors (Lipinski definition) is 6. The van der Waals surface area contributed by atoms with Crippen molar-refractivity contribution in [3.05, 3.63) is 34.9 Å². The van der Waals surface area contributed by atoms with E-state index in [9.17, 15) is 0 Å². The molecule has 0 spiro atoms. The maximum absolute atomic E-state index is 6.22. The molecule has 1 N–H and O–H groups in total. The molecule has 1 aliphatic rings. The zero-order valence-corrected chi connectivity index (χ0v) is 16.2. The van der Waals surface area contributed by atoms with Gasteiger partial charge < -0.3 is 15.0 Å². The highest BCUT2D eigenvalue weighted by Gasteiger charge is 2.20. The third kappa shape index (κ3) is 3.49. The number of hydrogen-bond donors (Lipinski definition) is 1. The van der Waals surface area contributed by atoms with Gasteiger partial charge in [-0.2, -0.15) is 4.98 Å². The number of aromatic nitrogens is 2. The van der Waals surface area contributed by atoms with E-state index >= 15 is 0 Å². The number of fused-ring (bicyclic) bond motifs is 1. The highest BCUT2D eigenvalue weighted by Crippen LogP contribution is 2.39. The Morgan fingerprint density at radius 3 is 2.85 bits per heavy atom. The highest BCUT2D eigenvalue weighted by atomic mass is 35.5. The van der Waals surface area contributed by atoms with Crippen LogP contribution in [0.5, 0.6) is 5.75 Å². The number of rotatable bonds is 4. The minimum absolute atomic E-state index is 0.310. The van der Waals surface area contributed by atoms with Crippen molar-refractivity contribution in [1.82, 2.24) is 15.3 Å². The van der Waals surface area contributed by atoms with Crippen molar-refractivity contribution < 1.29 is 4.74 Å². The van der Waals surface area contributed by atoms with E-state index < -0.39 is 0 Å². The van der Waals surface area contributed by atoms with Crippen LogP contribution in [0, 0.1) is 0 Å². The zero-order chi connectivity index (χ0) is 17.9. The summed E-state index contributed by atoms with van der Waals surface area (Å²) in [7, 11) is 0. The molecule has 0 radical (unpaired) electrons. The predicted octanol–water partition coefficient (Wildman–Crippen LogP) is 4.21. The molecule has 26 heavy (non-hydrogen) atoms. The first-order valence-corrected chi connectivity index (χ1v) is 10.2. The van der Waals surface area contributed by atoms with Crippen LogP contribution in [0.3, 0.4) is 0 Å². The van der Waals surface area contributed by atoms with E-state index in [2.05, 4.69) is 37.7 Å². The Hall–Kier alpha value is -1.89. The lowest BCUT2D eigenvalue weighted by Gasteiger charge is -2.22. The summed E-state index contributed by atoms with van der Waals surface area (Å²) in [5.74, 6) is 1.82. The van der Waals surface area contributed by atoms with Crippen LogP contribution in [0.25, 0.3) is 21.3 Å². The number of benzene rings is 1. The summed E-state index contributed by atoms with van der Waals surface area (Å²) in [4.78, 5) is 12.3. The summed E-state index contributed by atoms with van der Waals surface area (Å²) in [5, 5.41) is 6.98. The van der Waals surface area contributed by atoms with E-state index in [0.717, 1.165) is 65.5 Å². The first kappa shape index (κ1) is 17.5. The van der Waals surface area contributed by atoms with Crippen LogP contribution < -0.4 is 15.0 Å². The molecule has 0 saturated carbocycles. The van der Waals surface area contributed by atoms with Crippen molar-refractivity contribution in [3.8, 4) is 16.9 Å². The van der Waals surface area contributed by atoms with E-state index in [0.29, 0.717) is 11.9 Å². The molecule has 2 aromatic heterocycles. The Kier molecular flexibility index (Phi) is 5.24. The lowest BCUT2D eigenvalue weighted by molar-refractivity contribution is 0.340. The second kappa shape index (κ2) is 7.78. The first-order valence-electron chi connectivity index (χ1n) is 8.90. The highest BCUT2D eigenvalue weighted by molar-refractivity contribution is 7.17. The van der Waals surface area contributed by atoms with E-state index in [1.807, 2.05) is 19.1 Å². The van der Waals surface area contributed by atoms with Crippen molar-refractivity contribution in [2.24, 2.45) is 0 Å². The van der Waals surface area contributed by atoms with Crippen molar-refractivity contribution >= 4 is 39.0 Å². The molecule has 136 valence electrons. The van der Waals surface area contributed by atoms with Crippen molar-refractivity contribution in [2.45, 2.75) is 13.3 Å². The van der Waals surface area contributed by atoms with Crippen LogP contribution in [0.2, 0.25) is 5.28 Å². The van der Waals surface area contributed by atoms with Crippen molar-refractivity contribution in [1.29, 1.82) is 0 Å². The molecule has 1 aromatic carbocycles. The molecular weight excluding hydrogens is 368 g/mol. The molecule has 1 saturated heterocycles. The summed E-state index contributed by atoms with van der Waals surface area (Å²) in [5.41, 5.74) is 2.29. The van der Waals surface area contributed by atoms with E-state index in [4.69, 9.17) is 16.3 Å². The Bertz CT molecular complexity index is 888. The van der Waals surface area contributed by atoms with Gasteiger partial charge in [0.25, 0.3) is 0 Å². The molecule has 3 aromatic rings. The fourth-order valence-corrected chi connectivity index (χ4v) is 4.45. The van der Waals surface area contributed by atoms with Crippen LogP contribution in [0.1, 0.15) is 13.3 Å².